The van der Waals surface area contributed by atoms with Crippen LogP contribution in [0.2, 0.25) is 0 Å². The molecular formula is C26H28ClFN8O3S4. The van der Waals surface area contributed by atoms with E-state index < -0.39 is 15.9 Å². The number of ether oxygens (including phenoxy) is 1. The summed E-state index contributed by atoms with van der Waals surface area (Å²) in [7, 11) is -1.50. The van der Waals surface area contributed by atoms with Gasteiger partial charge in [-0.25, -0.2) is 8.42 Å². The first kappa shape index (κ1) is 33.0. The van der Waals surface area contributed by atoms with Crippen molar-refractivity contribution in [2.75, 3.05) is 60.1 Å². The molecule has 43 heavy (non-hydrogen) atoms. The van der Waals surface area contributed by atoms with Gasteiger partial charge in [0.25, 0.3) is 0 Å². The van der Waals surface area contributed by atoms with E-state index in [4.69, 9.17) is 16.3 Å². The minimum atomic E-state index is -3.24. The number of halogens is 2. The molecule has 0 saturated carbocycles. The Labute approximate surface area is 269 Å². The first-order valence-corrected chi connectivity index (χ1v) is 16.5. The highest BCUT2D eigenvalue weighted by Crippen LogP contribution is 2.36. The third kappa shape index (κ3) is 9.55. The van der Waals surface area contributed by atoms with Gasteiger partial charge in [-0.2, -0.15) is 19.3 Å². The molecule has 228 valence electrons. The van der Waals surface area contributed by atoms with Gasteiger partial charge in [0.1, 0.15) is 5.69 Å². The molecule has 4 aromatic rings. The van der Waals surface area contributed by atoms with Gasteiger partial charge in [-0.1, -0.05) is 0 Å². The minimum absolute atomic E-state index is 0.0134. The van der Waals surface area contributed by atoms with E-state index in [2.05, 4.69) is 79.0 Å². The molecule has 0 aliphatic rings. The molecule has 0 fully saturated rings. The Morgan fingerprint density at radius 3 is 2.47 bits per heavy atom. The maximum atomic E-state index is 14.1. The summed E-state index contributed by atoms with van der Waals surface area (Å²) in [5.74, 6) is -0.231. The van der Waals surface area contributed by atoms with Crippen LogP contribution in [0.5, 0.6) is 0 Å². The van der Waals surface area contributed by atoms with Crippen molar-refractivity contribution in [3.63, 3.8) is 0 Å². The molecule has 0 bridgehead atoms. The fraction of sp³-hybridized carbons (Fsp3) is 0.269. The molecule has 3 N–H and O–H groups in total. The molecule has 0 aliphatic carbocycles. The highest BCUT2D eigenvalue weighted by Gasteiger charge is 2.11. The maximum absolute atomic E-state index is 14.1. The fourth-order valence-corrected chi connectivity index (χ4v) is 6.27. The van der Waals surface area contributed by atoms with Crippen LogP contribution in [0, 0.1) is 6.08 Å². The summed E-state index contributed by atoms with van der Waals surface area (Å²) in [5, 5.41) is 19.5. The lowest BCUT2D eigenvalue weighted by atomic mass is 10.1. The van der Waals surface area contributed by atoms with Gasteiger partial charge in [-0.15, -0.1) is 59.7 Å². The highest BCUT2D eigenvalue weighted by molar-refractivity contribution is 7.91. The minimum Gasteiger partial charge on any atom is -0.386 e. The lowest BCUT2D eigenvalue weighted by Crippen LogP contribution is -2.19. The summed E-state index contributed by atoms with van der Waals surface area (Å²) < 4.78 is 42.7. The second-order valence-electron chi connectivity index (χ2n) is 8.97. The zero-order valence-electron chi connectivity index (χ0n) is 22.8. The summed E-state index contributed by atoms with van der Waals surface area (Å²) in [6.07, 6.45) is -0.986. The number of benzene rings is 3. The Kier molecular flexibility index (Phi) is 11.7. The van der Waals surface area contributed by atoms with Crippen molar-refractivity contribution in [3.05, 3.63) is 48.5 Å². The smallest absolute Gasteiger partial charge is 0.315 e. The Bertz CT molecular complexity index is 1750. The van der Waals surface area contributed by atoms with E-state index in [1.165, 1.54) is 0 Å². The number of alkyl halides is 1. The number of anilines is 4. The number of sulfone groups is 1. The van der Waals surface area contributed by atoms with E-state index >= 15 is 0 Å². The van der Waals surface area contributed by atoms with Crippen molar-refractivity contribution in [2.24, 2.45) is 10.2 Å². The molecule has 11 nitrogen and oxygen atoms in total. The summed E-state index contributed by atoms with van der Waals surface area (Å²) in [6, 6.07) is 12.7. The van der Waals surface area contributed by atoms with E-state index in [1.807, 2.05) is 24.3 Å². The van der Waals surface area contributed by atoms with Gasteiger partial charge in [-0.3, -0.25) is 0 Å². The Balaban J connectivity index is 1.40. The number of hydrogen-bond donors (Lipinski definition) is 6. The fourth-order valence-electron chi connectivity index (χ4n) is 3.80. The van der Waals surface area contributed by atoms with Crippen molar-refractivity contribution in [1.29, 1.82) is 0 Å². The van der Waals surface area contributed by atoms with E-state index in [9.17, 15) is 12.8 Å². The normalized spacial score (nSPS) is 11.8. The molecule has 1 aromatic heterocycles. The molecule has 0 unspecified atom stereocenters. The first-order valence-electron chi connectivity index (χ1n) is 12.8. The third-order valence-electron chi connectivity index (χ3n) is 5.86. The molecule has 0 atom stereocenters. The van der Waals surface area contributed by atoms with Gasteiger partial charge in [0.05, 0.1) is 36.1 Å². The summed E-state index contributed by atoms with van der Waals surface area (Å²) >= 11 is 19.0. The molecular weight excluding hydrogens is 655 g/mol. The van der Waals surface area contributed by atoms with E-state index in [-0.39, 0.29) is 49.0 Å². The van der Waals surface area contributed by atoms with Gasteiger partial charge in [0.15, 0.2) is 9.84 Å². The maximum Gasteiger partial charge on any atom is 0.315 e. The Morgan fingerprint density at radius 2 is 1.70 bits per heavy atom. The van der Waals surface area contributed by atoms with Crippen LogP contribution < -0.4 is 16.0 Å². The molecule has 4 rings (SSSR count). The summed E-state index contributed by atoms with van der Waals surface area (Å²) in [5.41, 5.74) is 2.33. The van der Waals surface area contributed by atoms with E-state index in [0.29, 0.717) is 27.6 Å². The van der Waals surface area contributed by atoms with Crippen LogP contribution in [0.3, 0.4) is 0 Å². The van der Waals surface area contributed by atoms with E-state index in [1.54, 1.807) is 25.2 Å². The second kappa shape index (κ2) is 15.2. The van der Waals surface area contributed by atoms with Crippen molar-refractivity contribution >= 4 is 105 Å². The number of rotatable bonds is 14. The molecule has 3 aromatic carbocycles. The predicted molar refractivity (Wildman–Crippen MR) is 178 cm³/mol. The zero-order chi connectivity index (χ0) is 31.0. The molecule has 0 spiro atoms. The van der Waals surface area contributed by atoms with Crippen LogP contribution in [0.25, 0.3) is 10.8 Å². The highest BCUT2D eigenvalue weighted by atomic mass is 35.5. The van der Waals surface area contributed by atoms with Crippen LogP contribution in [-0.2, 0) is 14.6 Å². The summed E-state index contributed by atoms with van der Waals surface area (Å²) in [4.78, 5) is 13.7. The van der Waals surface area contributed by atoms with Gasteiger partial charge < -0.3 is 20.7 Å². The Morgan fingerprint density at radius 1 is 0.930 bits per heavy atom. The standard InChI is InChI=1S/C26H28ClFN8O3S4/c1-29-20-12-16(2-3-19(20)35-36-21-14-18-15(11-23(21)42)10-17(40)13-22(18)41)31-26-33-24(28)32-25(34-26)30-5-6-39-7-9-43(37,38)8-4-27/h2-3,10-14,29,40-42H,4-9H2,1H3,(H2,30,31,32,33,34). The van der Waals surface area contributed by atoms with Gasteiger partial charge in [0.2, 0.25) is 11.9 Å². The number of thiol groups is 3. The molecule has 0 radical (unpaired) electrons. The molecule has 0 aliphatic heterocycles. The monoisotopic (exact) mass is 682 g/mol. The number of azo groups is 1. The number of nitrogens with one attached hydrogen (secondary N) is 3. The van der Waals surface area contributed by atoms with Crippen molar-refractivity contribution in [1.82, 2.24) is 15.0 Å². The van der Waals surface area contributed by atoms with Gasteiger partial charge in [0, 0.05) is 39.8 Å². The lowest BCUT2D eigenvalue weighted by molar-refractivity contribution is 0.159. The molecule has 0 saturated heterocycles. The average molecular weight is 683 g/mol. The van der Waals surface area contributed by atoms with Gasteiger partial charge >= 0.3 is 6.08 Å². The van der Waals surface area contributed by atoms with Crippen LogP contribution in [0.15, 0.2) is 67.4 Å². The molecule has 0 amide bonds. The number of fused-ring (bicyclic) bond motifs is 1. The topological polar surface area (TPSA) is 143 Å². The van der Waals surface area contributed by atoms with Crippen molar-refractivity contribution in [3.8, 4) is 0 Å². The van der Waals surface area contributed by atoms with Crippen LogP contribution in [-0.4, -0.2) is 67.6 Å². The number of nitrogens with zero attached hydrogens (tertiary/aromatic N) is 5. The average Bonchev–Trinajstić information content (AvgIpc) is 2.94. The largest absolute Gasteiger partial charge is 0.386 e. The number of hydrogen-bond acceptors (Lipinski definition) is 14. The van der Waals surface area contributed by atoms with E-state index in [0.717, 1.165) is 20.6 Å². The van der Waals surface area contributed by atoms with Crippen LogP contribution >= 0.6 is 49.5 Å². The third-order valence-corrected chi connectivity index (χ3v) is 8.88. The SMILES string of the molecule is CNc1cc(Nc2nc(F)nc(NCCOCCS(=O)(=O)CCCl)n2)ccc1N=Nc1cc2c(S)cc(S)cc2cc1S. The lowest BCUT2D eigenvalue weighted by Gasteiger charge is -2.11. The second-order valence-corrected chi connectivity index (χ2v) is 13.1. The predicted octanol–water partition coefficient (Wildman–Crippen LogP) is 6.31. The van der Waals surface area contributed by atoms with Crippen molar-refractivity contribution in [2.45, 2.75) is 14.7 Å². The Hall–Kier alpha value is -2.89. The van der Waals surface area contributed by atoms with Crippen LogP contribution in [0.4, 0.5) is 39.0 Å². The number of aromatic nitrogens is 3. The first-order chi connectivity index (χ1) is 20.6. The van der Waals surface area contributed by atoms with Gasteiger partial charge in [-0.05, 0) is 53.2 Å². The van der Waals surface area contributed by atoms with Crippen LogP contribution in [0.1, 0.15) is 0 Å². The zero-order valence-corrected chi connectivity index (χ0v) is 27.0. The quantitative estimate of drug-likeness (QED) is 0.0390. The van der Waals surface area contributed by atoms with Crippen molar-refractivity contribution < 1.29 is 17.5 Å². The molecule has 1 heterocycles. The molecule has 17 heteroatoms. The summed E-state index contributed by atoms with van der Waals surface area (Å²) in [6.45, 7) is 0.404.